The number of benzene rings is 1. The van der Waals surface area contributed by atoms with Gasteiger partial charge in [0.1, 0.15) is 0 Å². The van der Waals surface area contributed by atoms with Crippen LogP contribution in [0.1, 0.15) is 43.7 Å². The van der Waals surface area contributed by atoms with E-state index in [-0.39, 0.29) is 6.04 Å². The monoisotopic (exact) mass is 265 g/mol. The molecule has 2 bridgehead atoms. The van der Waals surface area contributed by atoms with E-state index in [1.54, 1.807) is 6.07 Å². The Bertz CT molecular complexity index is 460. The molecule has 0 aromatic heterocycles. The van der Waals surface area contributed by atoms with Gasteiger partial charge in [0, 0.05) is 6.04 Å². The highest BCUT2D eigenvalue weighted by atomic mass is 19.2. The van der Waals surface area contributed by atoms with Crippen LogP contribution >= 0.6 is 0 Å². The molecule has 2 aliphatic carbocycles. The number of halogens is 2. The van der Waals surface area contributed by atoms with Crippen LogP contribution in [-0.2, 0) is 0 Å². The van der Waals surface area contributed by atoms with Gasteiger partial charge in [0.05, 0.1) is 0 Å². The van der Waals surface area contributed by atoms with Crippen molar-refractivity contribution in [2.24, 2.45) is 17.8 Å². The third-order valence-corrected chi connectivity index (χ3v) is 5.12. The Kier molecular flexibility index (Phi) is 3.57. The molecule has 1 aromatic rings. The van der Waals surface area contributed by atoms with Gasteiger partial charge in [-0.25, -0.2) is 8.78 Å². The quantitative estimate of drug-likeness (QED) is 0.866. The van der Waals surface area contributed by atoms with Crippen molar-refractivity contribution in [2.45, 2.75) is 38.1 Å². The number of hydrogen-bond donors (Lipinski definition) is 1. The molecule has 4 atom stereocenters. The fourth-order valence-electron chi connectivity index (χ4n) is 4.12. The van der Waals surface area contributed by atoms with E-state index >= 15 is 0 Å². The molecule has 0 aliphatic heterocycles. The first-order chi connectivity index (χ1) is 9.17. The summed E-state index contributed by atoms with van der Waals surface area (Å²) in [6.07, 6.45) is 6.52. The number of nitrogens with one attached hydrogen (secondary N) is 1. The zero-order chi connectivity index (χ0) is 13.4. The van der Waals surface area contributed by atoms with Gasteiger partial charge in [-0.1, -0.05) is 12.5 Å². The molecule has 0 heterocycles. The topological polar surface area (TPSA) is 12.0 Å². The fourth-order valence-corrected chi connectivity index (χ4v) is 4.12. The molecule has 2 aliphatic rings. The second kappa shape index (κ2) is 5.20. The minimum absolute atomic E-state index is 0.138. The highest BCUT2D eigenvalue weighted by Crippen LogP contribution is 2.50. The third-order valence-electron chi connectivity index (χ3n) is 5.12. The lowest BCUT2D eigenvalue weighted by Gasteiger charge is -2.27. The molecule has 0 radical (unpaired) electrons. The van der Waals surface area contributed by atoms with Crippen molar-refractivity contribution in [1.82, 2.24) is 5.32 Å². The lowest BCUT2D eigenvalue weighted by Crippen LogP contribution is -2.22. The van der Waals surface area contributed by atoms with Crippen LogP contribution in [0.15, 0.2) is 18.2 Å². The second-order valence-electron chi connectivity index (χ2n) is 6.19. The fraction of sp³-hybridized carbons (Fsp3) is 0.625. The van der Waals surface area contributed by atoms with Crippen LogP contribution in [0.25, 0.3) is 0 Å². The third kappa shape index (κ3) is 2.53. The highest BCUT2D eigenvalue weighted by Gasteiger charge is 2.40. The van der Waals surface area contributed by atoms with Crippen LogP contribution in [0, 0.1) is 29.4 Å². The Morgan fingerprint density at radius 2 is 2.05 bits per heavy atom. The van der Waals surface area contributed by atoms with Gasteiger partial charge in [0.15, 0.2) is 11.6 Å². The predicted octanol–water partition coefficient (Wildman–Crippen LogP) is 4.05. The van der Waals surface area contributed by atoms with Gasteiger partial charge >= 0.3 is 0 Å². The summed E-state index contributed by atoms with van der Waals surface area (Å²) in [6, 6.07) is 4.41. The number of rotatable bonds is 4. The molecular formula is C16H21F2N. The average molecular weight is 265 g/mol. The Labute approximate surface area is 113 Å². The van der Waals surface area contributed by atoms with E-state index in [2.05, 4.69) is 5.32 Å². The molecule has 0 spiro atoms. The van der Waals surface area contributed by atoms with E-state index in [1.165, 1.54) is 37.8 Å². The molecule has 1 aromatic carbocycles. The molecule has 1 nitrogen and oxygen atoms in total. The van der Waals surface area contributed by atoms with E-state index in [0.717, 1.165) is 29.7 Å². The van der Waals surface area contributed by atoms with Crippen molar-refractivity contribution in [3.05, 3.63) is 35.4 Å². The second-order valence-corrected chi connectivity index (χ2v) is 6.19. The highest BCUT2D eigenvalue weighted by molar-refractivity contribution is 5.21. The van der Waals surface area contributed by atoms with Crippen LogP contribution in [0.3, 0.4) is 0 Å². The molecular weight excluding hydrogens is 244 g/mol. The Morgan fingerprint density at radius 3 is 2.63 bits per heavy atom. The van der Waals surface area contributed by atoms with Gasteiger partial charge in [0.25, 0.3) is 0 Å². The van der Waals surface area contributed by atoms with E-state index < -0.39 is 11.6 Å². The summed E-state index contributed by atoms with van der Waals surface area (Å²) in [7, 11) is 1.90. The van der Waals surface area contributed by atoms with Crippen molar-refractivity contribution < 1.29 is 8.78 Å². The van der Waals surface area contributed by atoms with Gasteiger partial charge in [-0.15, -0.1) is 0 Å². The maximum absolute atomic E-state index is 13.3. The van der Waals surface area contributed by atoms with Crippen molar-refractivity contribution in [2.75, 3.05) is 7.05 Å². The summed E-state index contributed by atoms with van der Waals surface area (Å²) < 4.78 is 26.3. The molecule has 2 saturated carbocycles. The Morgan fingerprint density at radius 1 is 1.21 bits per heavy atom. The SMILES string of the molecule is CNC(CC1CC2CCC1C2)c1ccc(F)c(F)c1. The van der Waals surface area contributed by atoms with Crippen molar-refractivity contribution >= 4 is 0 Å². The minimum Gasteiger partial charge on any atom is -0.313 e. The smallest absolute Gasteiger partial charge is 0.159 e. The van der Waals surface area contributed by atoms with Crippen molar-refractivity contribution in [1.29, 1.82) is 0 Å². The van der Waals surface area contributed by atoms with Crippen LogP contribution in [0.4, 0.5) is 8.78 Å². The molecule has 104 valence electrons. The zero-order valence-electron chi connectivity index (χ0n) is 11.3. The van der Waals surface area contributed by atoms with Crippen molar-refractivity contribution in [3.8, 4) is 0 Å². The Hall–Kier alpha value is -0.960. The maximum atomic E-state index is 13.3. The molecule has 2 fully saturated rings. The largest absolute Gasteiger partial charge is 0.313 e. The predicted molar refractivity (Wildman–Crippen MR) is 71.7 cm³/mol. The van der Waals surface area contributed by atoms with Gasteiger partial charge in [-0.2, -0.15) is 0 Å². The molecule has 4 unspecified atom stereocenters. The summed E-state index contributed by atoms with van der Waals surface area (Å²) in [6.45, 7) is 0. The average Bonchev–Trinajstić information content (AvgIpc) is 3.01. The van der Waals surface area contributed by atoms with Gasteiger partial charge in [0.2, 0.25) is 0 Å². The summed E-state index contributed by atoms with van der Waals surface area (Å²) in [4.78, 5) is 0. The summed E-state index contributed by atoms with van der Waals surface area (Å²) in [5, 5.41) is 3.26. The van der Waals surface area contributed by atoms with Crippen LogP contribution in [0.5, 0.6) is 0 Å². The van der Waals surface area contributed by atoms with Crippen LogP contribution in [-0.4, -0.2) is 7.05 Å². The molecule has 0 saturated heterocycles. The Balaban J connectivity index is 1.71. The standard InChI is InChI=1S/C16H21F2N/c1-19-16(12-4-5-14(17)15(18)8-12)9-13-7-10-2-3-11(13)6-10/h4-5,8,10-11,13,16,19H,2-3,6-7,9H2,1H3. The first-order valence-electron chi connectivity index (χ1n) is 7.29. The summed E-state index contributed by atoms with van der Waals surface area (Å²) in [5.41, 5.74) is 0.865. The van der Waals surface area contributed by atoms with Crippen LogP contribution in [0.2, 0.25) is 0 Å². The summed E-state index contributed by atoms with van der Waals surface area (Å²) in [5.74, 6) is 1.04. The normalized spacial score (nSPS) is 30.8. The number of fused-ring (bicyclic) bond motifs is 2. The van der Waals surface area contributed by atoms with Gasteiger partial charge in [-0.05, 0) is 68.2 Å². The molecule has 3 heteroatoms. The molecule has 0 amide bonds. The molecule has 1 N–H and O–H groups in total. The van der Waals surface area contributed by atoms with Gasteiger partial charge in [-0.3, -0.25) is 0 Å². The lowest BCUT2D eigenvalue weighted by atomic mass is 9.83. The maximum Gasteiger partial charge on any atom is 0.159 e. The van der Waals surface area contributed by atoms with Crippen molar-refractivity contribution in [3.63, 3.8) is 0 Å². The van der Waals surface area contributed by atoms with E-state index in [0.29, 0.717) is 0 Å². The van der Waals surface area contributed by atoms with E-state index in [9.17, 15) is 8.78 Å². The van der Waals surface area contributed by atoms with Gasteiger partial charge < -0.3 is 5.32 Å². The number of hydrogen-bond acceptors (Lipinski definition) is 1. The zero-order valence-corrected chi connectivity index (χ0v) is 11.3. The lowest BCUT2D eigenvalue weighted by molar-refractivity contribution is 0.284. The summed E-state index contributed by atoms with van der Waals surface area (Å²) >= 11 is 0. The van der Waals surface area contributed by atoms with Crippen LogP contribution < -0.4 is 5.32 Å². The van der Waals surface area contributed by atoms with E-state index in [4.69, 9.17) is 0 Å². The first kappa shape index (κ1) is 13.0. The molecule has 3 rings (SSSR count). The minimum atomic E-state index is -0.765. The first-order valence-corrected chi connectivity index (χ1v) is 7.29. The molecule has 19 heavy (non-hydrogen) atoms. The van der Waals surface area contributed by atoms with E-state index in [1.807, 2.05) is 7.05 Å².